The van der Waals surface area contributed by atoms with E-state index in [1.54, 1.807) is 25.1 Å². The Balaban J connectivity index is 1.95. The predicted octanol–water partition coefficient (Wildman–Crippen LogP) is 4.06. The van der Waals surface area contributed by atoms with E-state index in [0.29, 0.717) is 17.4 Å². The van der Waals surface area contributed by atoms with E-state index in [2.05, 4.69) is 19.2 Å². The van der Waals surface area contributed by atoms with Crippen LogP contribution in [0.1, 0.15) is 45.3 Å². The number of carbonyl (C=O) groups excluding carboxylic acids is 1. The lowest BCUT2D eigenvalue weighted by Gasteiger charge is -2.25. The minimum absolute atomic E-state index is 0.138. The fourth-order valence-electron chi connectivity index (χ4n) is 3.46. The molecule has 0 heterocycles. The molecule has 0 spiro atoms. The molecule has 4 nitrogen and oxygen atoms in total. The van der Waals surface area contributed by atoms with Crippen molar-refractivity contribution in [3.63, 3.8) is 0 Å². The number of benzene rings is 1. The Morgan fingerprint density at radius 1 is 1.30 bits per heavy atom. The van der Waals surface area contributed by atoms with Crippen molar-refractivity contribution in [1.82, 2.24) is 5.32 Å². The third kappa shape index (κ3) is 4.44. The Hall–Kier alpha value is -1.62. The number of ether oxygens (including phenoxy) is 2. The zero-order valence-electron chi connectivity index (χ0n) is 14.2. The minimum Gasteiger partial charge on any atom is -0.443 e. The van der Waals surface area contributed by atoms with Crippen molar-refractivity contribution >= 4 is 6.09 Å². The molecule has 0 aliphatic heterocycles. The zero-order chi connectivity index (χ0) is 17.0. The Morgan fingerprint density at radius 2 is 2.00 bits per heavy atom. The number of methoxy groups -OCH3 is 1. The molecule has 5 atom stereocenters. The van der Waals surface area contributed by atoms with Gasteiger partial charge in [-0.3, -0.25) is 0 Å². The standard InChI is InChI=1S/C18H26FNO3/c1-11-9-12(2)16(10-11)20-18(21)23-13(3)17(22-4)14-7-5-6-8-15(14)19/h5-8,11-13,16-17H,9-10H2,1-4H3,(H,20,21)/t11?,12?,13-,16?,17+/m0/s1. The number of hydrogen-bond donors (Lipinski definition) is 1. The van der Waals surface area contributed by atoms with E-state index in [-0.39, 0.29) is 11.9 Å². The van der Waals surface area contributed by atoms with Crippen molar-refractivity contribution in [2.24, 2.45) is 11.8 Å². The number of carbonyl (C=O) groups is 1. The average molecular weight is 323 g/mol. The van der Waals surface area contributed by atoms with Crippen molar-refractivity contribution in [2.45, 2.75) is 51.9 Å². The maximum Gasteiger partial charge on any atom is 0.407 e. The highest BCUT2D eigenvalue weighted by Crippen LogP contribution is 2.31. The van der Waals surface area contributed by atoms with Crippen LogP contribution in [0.2, 0.25) is 0 Å². The van der Waals surface area contributed by atoms with Crippen LogP contribution in [0.25, 0.3) is 0 Å². The van der Waals surface area contributed by atoms with E-state index in [1.807, 2.05) is 0 Å². The number of rotatable bonds is 5. The molecule has 0 radical (unpaired) electrons. The highest BCUT2D eigenvalue weighted by molar-refractivity contribution is 5.68. The van der Waals surface area contributed by atoms with Crippen LogP contribution in [0.5, 0.6) is 0 Å². The number of hydrogen-bond acceptors (Lipinski definition) is 3. The van der Waals surface area contributed by atoms with Crippen molar-refractivity contribution in [3.8, 4) is 0 Å². The summed E-state index contributed by atoms with van der Waals surface area (Å²) in [6, 6.07) is 6.50. The molecule has 1 aliphatic rings. The molecule has 1 aromatic carbocycles. The molecule has 23 heavy (non-hydrogen) atoms. The molecule has 128 valence electrons. The molecule has 1 N–H and O–H groups in total. The van der Waals surface area contributed by atoms with Gasteiger partial charge in [-0.25, -0.2) is 9.18 Å². The SMILES string of the molecule is CO[C@@H](c1ccccc1F)[C@H](C)OC(=O)NC1CC(C)CC1C. The highest BCUT2D eigenvalue weighted by atomic mass is 19.1. The topological polar surface area (TPSA) is 47.6 Å². The molecule has 0 bridgehead atoms. The molecule has 1 aromatic rings. The molecule has 1 aliphatic carbocycles. The van der Waals surface area contributed by atoms with Crippen molar-refractivity contribution in [1.29, 1.82) is 0 Å². The third-order valence-corrected chi connectivity index (χ3v) is 4.61. The molecule has 1 saturated carbocycles. The summed E-state index contributed by atoms with van der Waals surface area (Å²) in [7, 11) is 1.48. The number of amides is 1. The summed E-state index contributed by atoms with van der Waals surface area (Å²) in [6.07, 6.45) is 0.372. The van der Waals surface area contributed by atoms with Gasteiger partial charge in [0.05, 0.1) is 0 Å². The first kappa shape index (κ1) is 17.7. The van der Waals surface area contributed by atoms with Gasteiger partial charge in [-0.15, -0.1) is 0 Å². The number of alkyl carbamates (subject to hydrolysis) is 1. The number of nitrogens with one attached hydrogen (secondary N) is 1. The van der Waals surface area contributed by atoms with Gasteiger partial charge in [-0.1, -0.05) is 32.0 Å². The summed E-state index contributed by atoms with van der Waals surface area (Å²) in [5.41, 5.74) is 0.387. The first-order valence-electron chi connectivity index (χ1n) is 8.16. The van der Waals surface area contributed by atoms with Crippen molar-refractivity contribution < 1.29 is 18.7 Å². The Morgan fingerprint density at radius 3 is 2.57 bits per heavy atom. The molecule has 0 aromatic heterocycles. The van der Waals surface area contributed by atoms with Crippen LogP contribution in [-0.4, -0.2) is 25.3 Å². The molecule has 1 amide bonds. The molecule has 2 rings (SSSR count). The van der Waals surface area contributed by atoms with Gasteiger partial charge in [-0.05, 0) is 37.7 Å². The summed E-state index contributed by atoms with van der Waals surface area (Å²) < 4.78 is 24.7. The Kier molecular flexibility index (Phi) is 5.99. The van der Waals surface area contributed by atoms with Gasteiger partial charge >= 0.3 is 6.09 Å². The van der Waals surface area contributed by atoms with Gasteiger partial charge in [0.2, 0.25) is 0 Å². The summed E-state index contributed by atoms with van der Waals surface area (Å²) in [6.45, 7) is 6.03. The normalized spacial score (nSPS) is 26.6. The average Bonchev–Trinajstić information content (AvgIpc) is 2.79. The summed E-state index contributed by atoms with van der Waals surface area (Å²) in [5.74, 6) is 0.684. The Labute approximate surface area is 137 Å². The highest BCUT2D eigenvalue weighted by Gasteiger charge is 2.31. The summed E-state index contributed by atoms with van der Waals surface area (Å²) in [4.78, 5) is 12.1. The van der Waals surface area contributed by atoms with E-state index >= 15 is 0 Å². The lowest BCUT2D eigenvalue weighted by atomic mass is 10.0. The molecule has 0 saturated heterocycles. The lowest BCUT2D eigenvalue weighted by Crippen LogP contribution is -2.39. The second-order valence-corrected chi connectivity index (χ2v) is 6.59. The van der Waals surface area contributed by atoms with E-state index in [1.165, 1.54) is 13.2 Å². The van der Waals surface area contributed by atoms with Gasteiger partial charge in [0.1, 0.15) is 18.0 Å². The van der Waals surface area contributed by atoms with E-state index in [9.17, 15) is 9.18 Å². The van der Waals surface area contributed by atoms with Gasteiger partial charge in [0.25, 0.3) is 0 Å². The van der Waals surface area contributed by atoms with Crippen LogP contribution in [0.4, 0.5) is 9.18 Å². The summed E-state index contributed by atoms with van der Waals surface area (Å²) in [5, 5.41) is 2.92. The van der Waals surface area contributed by atoms with E-state index < -0.39 is 18.3 Å². The molecular weight excluding hydrogens is 297 g/mol. The van der Waals surface area contributed by atoms with E-state index in [0.717, 1.165) is 12.8 Å². The predicted molar refractivity (Wildman–Crippen MR) is 86.6 cm³/mol. The monoisotopic (exact) mass is 323 g/mol. The minimum atomic E-state index is -0.637. The van der Waals surface area contributed by atoms with Crippen LogP contribution >= 0.6 is 0 Å². The molecule has 5 heteroatoms. The number of halogens is 1. The molecule has 3 unspecified atom stereocenters. The fraction of sp³-hybridized carbons (Fsp3) is 0.611. The van der Waals surface area contributed by atoms with Crippen LogP contribution in [-0.2, 0) is 9.47 Å². The maximum absolute atomic E-state index is 13.9. The van der Waals surface area contributed by atoms with Crippen molar-refractivity contribution in [2.75, 3.05) is 7.11 Å². The molecule has 1 fully saturated rings. The Bertz CT molecular complexity index is 537. The third-order valence-electron chi connectivity index (χ3n) is 4.61. The largest absolute Gasteiger partial charge is 0.443 e. The summed E-state index contributed by atoms with van der Waals surface area (Å²) >= 11 is 0. The van der Waals surface area contributed by atoms with Gasteiger partial charge in [0.15, 0.2) is 0 Å². The second kappa shape index (κ2) is 7.77. The lowest BCUT2D eigenvalue weighted by molar-refractivity contribution is -0.0175. The van der Waals surface area contributed by atoms with Crippen LogP contribution in [0, 0.1) is 17.7 Å². The van der Waals surface area contributed by atoms with Crippen molar-refractivity contribution in [3.05, 3.63) is 35.6 Å². The first-order chi connectivity index (χ1) is 10.9. The fourth-order valence-corrected chi connectivity index (χ4v) is 3.46. The van der Waals surface area contributed by atoms with Gasteiger partial charge in [0, 0.05) is 18.7 Å². The van der Waals surface area contributed by atoms with Gasteiger partial charge in [-0.2, -0.15) is 0 Å². The first-order valence-corrected chi connectivity index (χ1v) is 8.16. The zero-order valence-corrected chi connectivity index (χ0v) is 14.2. The smallest absolute Gasteiger partial charge is 0.407 e. The van der Waals surface area contributed by atoms with Crippen LogP contribution in [0.3, 0.4) is 0 Å². The van der Waals surface area contributed by atoms with Gasteiger partial charge < -0.3 is 14.8 Å². The second-order valence-electron chi connectivity index (χ2n) is 6.59. The maximum atomic E-state index is 13.9. The van der Waals surface area contributed by atoms with Crippen LogP contribution < -0.4 is 5.32 Å². The molecular formula is C18H26FNO3. The van der Waals surface area contributed by atoms with Crippen LogP contribution in [0.15, 0.2) is 24.3 Å². The van der Waals surface area contributed by atoms with E-state index in [4.69, 9.17) is 9.47 Å². The quantitative estimate of drug-likeness (QED) is 0.889.